The van der Waals surface area contributed by atoms with E-state index in [1.165, 1.54) is 17.0 Å². The average Bonchev–Trinajstić information content (AvgIpc) is 3.72. The molecule has 7 N–H and O–H groups in total. The fourth-order valence-electron chi connectivity index (χ4n) is 8.33. The van der Waals surface area contributed by atoms with Gasteiger partial charge in [-0.05, 0) is 93.2 Å². The second-order valence-corrected chi connectivity index (χ2v) is 19.9. The predicted octanol–water partition coefficient (Wildman–Crippen LogP) is 3.71. The maximum atomic E-state index is 14.5. The topological polar surface area (TPSA) is 257 Å². The van der Waals surface area contributed by atoms with Gasteiger partial charge in [-0.15, -0.1) is 0 Å². The molecule has 3 aromatic carbocycles. The number of nitrogens with one attached hydrogen (secondary N) is 5. The summed E-state index contributed by atoms with van der Waals surface area (Å²) in [5.74, 6) is -5.07. The van der Waals surface area contributed by atoms with E-state index in [1.807, 2.05) is 49.4 Å². The van der Waals surface area contributed by atoms with Gasteiger partial charge in [0, 0.05) is 37.3 Å². The van der Waals surface area contributed by atoms with Gasteiger partial charge >= 0.3 is 5.97 Å². The third kappa shape index (κ3) is 15.1. The van der Waals surface area contributed by atoms with Gasteiger partial charge in [-0.1, -0.05) is 86.5 Å². The molecular formula is C48H64N6O11S. The number of fused-ring (bicyclic) bond motifs is 1. The second kappa shape index (κ2) is 23.0. The highest BCUT2D eigenvalue weighted by molar-refractivity contribution is 7.85. The van der Waals surface area contributed by atoms with Crippen molar-refractivity contribution in [2.45, 2.75) is 146 Å². The van der Waals surface area contributed by atoms with Crippen molar-refractivity contribution in [3.8, 4) is 0 Å². The number of nitrogens with zero attached hydrogens (tertiary/aromatic N) is 1. The Hall–Kier alpha value is -5.88. The predicted molar refractivity (Wildman–Crippen MR) is 247 cm³/mol. The van der Waals surface area contributed by atoms with Gasteiger partial charge in [0.05, 0.1) is 0 Å². The lowest BCUT2D eigenvalue weighted by atomic mass is 9.84. The van der Waals surface area contributed by atoms with Crippen molar-refractivity contribution in [2.75, 3.05) is 6.54 Å². The monoisotopic (exact) mass is 932 g/mol. The van der Waals surface area contributed by atoms with Crippen molar-refractivity contribution in [1.29, 1.82) is 0 Å². The van der Waals surface area contributed by atoms with E-state index in [4.69, 9.17) is 0 Å². The number of benzene rings is 3. The van der Waals surface area contributed by atoms with Crippen LogP contribution >= 0.6 is 0 Å². The number of rotatable bonds is 22. The number of carbonyl (C=O) groups excluding carboxylic acids is 6. The van der Waals surface area contributed by atoms with Crippen LogP contribution < -0.4 is 26.6 Å². The number of hydrogen-bond acceptors (Lipinski definition) is 9. The molecule has 66 heavy (non-hydrogen) atoms. The van der Waals surface area contributed by atoms with Crippen molar-refractivity contribution in [2.24, 2.45) is 5.92 Å². The fraction of sp³-hybridized carbons (Fsp3) is 0.521. The van der Waals surface area contributed by atoms with E-state index in [9.17, 15) is 51.6 Å². The van der Waals surface area contributed by atoms with Crippen LogP contribution in [0.3, 0.4) is 0 Å². The molecule has 0 aromatic heterocycles. The molecule has 3 aromatic rings. The lowest BCUT2D eigenvalue weighted by molar-refractivity contribution is -0.142. The number of hydrogen-bond donors (Lipinski definition) is 7. The van der Waals surface area contributed by atoms with E-state index in [1.54, 1.807) is 32.9 Å². The van der Waals surface area contributed by atoms with Gasteiger partial charge in [0.15, 0.2) is 0 Å². The van der Waals surface area contributed by atoms with E-state index in [0.717, 1.165) is 22.8 Å². The van der Waals surface area contributed by atoms with Crippen LogP contribution in [0.15, 0.2) is 66.7 Å². The summed E-state index contributed by atoms with van der Waals surface area (Å²) in [6, 6.07) is 13.9. The molecule has 6 amide bonds. The summed E-state index contributed by atoms with van der Waals surface area (Å²) in [5, 5.41) is 25.3. The molecule has 0 unspecified atom stereocenters. The normalized spacial score (nSPS) is 17.1. The highest BCUT2D eigenvalue weighted by atomic mass is 32.2. The van der Waals surface area contributed by atoms with Gasteiger partial charge in [-0.3, -0.25) is 38.1 Å². The van der Waals surface area contributed by atoms with Crippen LogP contribution in [0.2, 0.25) is 0 Å². The molecule has 5 rings (SSSR count). The first-order valence-electron chi connectivity index (χ1n) is 22.8. The smallest absolute Gasteiger partial charge is 0.303 e. The first-order valence-corrected chi connectivity index (χ1v) is 24.4. The number of likely N-dealkylation sites (tertiary alicyclic amines) is 1. The molecule has 1 saturated heterocycles. The zero-order chi connectivity index (χ0) is 48.2. The quantitative estimate of drug-likeness (QED) is 0.0715. The van der Waals surface area contributed by atoms with Crippen LogP contribution in [0.1, 0.15) is 109 Å². The summed E-state index contributed by atoms with van der Waals surface area (Å²) in [5.41, 5.74) is 1.01. The number of carboxylic acids is 1. The minimum atomic E-state index is -4.27. The first kappa shape index (κ1) is 51.1. The maximum Gasteiger partial charge on any atom is 0.303 e. The third-order valence-electron chi connectivity index (χ3n) is 11.9. The molecule has 1 heterocycles. The molecular weight excluding hydrogens is 869 g/mol. The Balaban J connectivity index is 1.36. The molecule has 17 nitrogen and oxygen atoms in total. The highest BCUT2D eigenvalue weighted by Gasteiger charge is 2.40. The summed E-state index contributed by atoms with van der Waals surface area (Å²) in [6.07, 6.45) is 3.65. The van der Waals surface area contributed by atoms with E-state index in [-0.39, 0.29) is 63.3 Å². The van der Waals surface area contributed by atoms with E-state index < -0.39 is 87.1 Å². The Kier molecular flexibility index (Phi) is 17.8. The molecule has 1 aliphatic carbocycles. The first-order chi connectivity index (χ1) is 31.2. The highest BCUT2D eigenvalue weighted by Crippen LogP contribution is 2.27. The minimum Gasteiger partial charge on any atom is -0.481 e. The molecule has 1 saturated carbocycles. The van der Waals surface area contributed by atoms with Gasteiger partial charge in [0.25, 0.3) is 10.1 Å². The van der Waals surface area contributed by atoms with Crippen LogP contribution in [0, 0.1) is 5.92 Å². The average molecular weight is 933 g/mol. The van der Waals surface area contributed by atoms with Gasteiger partial charge in [-0.25, -0.2) is 0 Å². The molecule has 358 valence electrons. The summed E-state index contributed by atoms with van der Waals surface area (Å²) >= 11 is 0. The molecule has 18 heteroatoms. The van der Waals surface area contributed by atoms with Crippen LogP contribution in [-0.2, 0) is 62.3 Å². The molecule has 2 fully saturated rings. The van der Waals surface area contributed by atoms with Crippen molar-refractivity contribution in [3.05, 3.63) is 83.4 Å². The summed E-state index contributed by atoms with van der Waals surface area (Å²) in [6.45, 7) is 7.38. The SMILES string of the molecule is CCC[C@H](NC(=O)[C@H](Cc1ccc(CS(=O)(=O)O)cc1)NC(=O)C1CCC1)C(=O)N1CCC[C@H]1C(=O)N[C@@H](Cc1cccc2ccccc12)C(=O)N[C@@H](CCCC(=O)O)C(=O)NC(C)(C)C. The van der Waals surface area contributed by atoms with Crippen molar-refractivity contribution < 1.29 is 51.6 Å². The third-order valence-corrected chi connectivity index (χ3v) is 12.6. The lowest BCUT2D eigenvalue weighted by Gasteiger charge is -2.31. The standard InChI is InChI=1S/C48H64N6O11S/c1-5-12-37(50-43(58)38(51-42(57)33-15-9-16-33)27-30-22-24-31(25-23-30)29-66(63,64)65)47(62)54-26-11-20-40(54)46(61)52-39(28-34-17-8-14-32-13-6-7-18-35(32)34)44(59)49-36(19-10-21-41(55)56)45(60)53-48(2,3)4/h6-8,13-14,17-18,22-25,33,36-40H,5,9-12,15-16,19-21,26-29H2,1-4H3,(H,49,59)(H,50,58)(H,51,57)(H,52,61)(H,53,60)(H,55,56)(H,63,64,65)/t36-,37-,38-,39-,40-/m0/s1. The van der Waals surface area contributed by atoms with Crippen molar-refractivity contribution in [3.63, 3.8) is 0 Å². The van der Waals surface area contributed by atoms with Crippen LogP contribution in [0.25, 0.3) is 10.8 Å². The molecule has 1 aliphatic heterocycles. The van der Waals surface area contributed by atoms with Crippen molar-refractivity contribution in [1.82, 2.24) is 31.5 Å². The van der Waals surface area contributed by atoms with E-state index in [2.05, 4.69) is 26.6 Å². The molecule has 0 spiro atoms. The maximum absolute atomic E-state index is 14.5. The van der Waals surface area contributed by atoms with Gasteiger partial charge < -0.3 is 36.6 Å². The van der Waals surface area contributed by atoms with Crippen molar-refractivity contribution >= 4 is 62.3 Å². The summed E-state index contributed by atoms with van der Waals surface area (Å²) < 4.78 is 32.1. The molecule has 5 atom stereocenters. The Morgan fingerprint density at radius 2 is 1.33 bits per heavy atom. The van der Waals surface area contributed by atoms with Gasteiger partial charge in [0.2, 0.25) is 35.4 Å². The molecule has 2 aliphatic rings. The van der Waals surface area contributed by atoms with E-state index >= 15 is 0 Å². The summed E-state index contributed by atoms with van der Waals surface area (Å²) in [4.78, 5) is 96.7. The minimum absolute atomic E-state index is 0.0219. The Labute approximate surface area is 386 Å². The molecule has 0 radical (unpaired) electrons. The largest absolute Gasteiger partial charge is 0.481 e. The Morgan fingerprint density at radius 3 is 1.95 bits per heavy atom. The zero-order valence-corrected chi connectivity index (χ0v) is 39.0. The molecule has 0 bridgehead atoms. The lowest BCUT2D eigenvalue weighted by Crippen LogP contribution is -2.60. The zero-order valence-electron chi connectivity index (χ0n) is 38.1. The van der Waals surface area contributed by atoms with Crippen LogP contribution in [0.4, 0.5) is 0 Å². The van der Waals surface area contributed by atoms with Gasteiger partial charge in [-0.2, -0.15) is 8.42 Å². The number of carbonyl (C=O) groups is 7. The fourth-order valence-corrected chi connectivity index (χ4v) is 8.95. The van der Waals surface area contributed by atoms with Crippen LogP contribution in [0.5, 0.6) is 0 Å². The number of carboxylic acid groups (broad SMARTS) is 1. The Bertz CT molecular complexity index is 2340. The van der Waals surface area contributed by atoms with E-state index in [0.29, 0.717) is 36.8 Å². The Morgan fingerprint density at radius 1 is 0.712 bits per heavy atom. The second-order valence-electron chi connectivity index (χ2n) is 18.5. The van der Waals surface area contributed by atoms with Gasteiger partial charge in [0.1, 0.15) is 36.0 Å². The van der Waals surface area contributed by atoms with Crippen LogP contribution in [-0.4, -0.2) is 107 Å². The summed E-state index contributed by atoms with van der Waals surface area (Å²) in [7, 11) is -4.27. The number of amides is 6. The number of aliphatic carboxylic acids is 1.